The van der Waals surface area contributed by atoms with E-state index in [1.165, 1.54) is 26.1 Å². The molecule has 78 valence electrons. The number of hydrogen-bond acceptors (Lipinski definition) is 3. The minimum absolute atomic E-state index is 0.855. The molecule has 1 rings (SSSR count). The number of ether oxygens (including phenoxy) is 1. The molecule has 3 nitrogen and oxygen atoms in total. The molecule has 1 heterocycles. The average Bonchev–Trinajstić information content (AvgIpc) is 2.64. The van der Waals surface area contributed by atoms with Gasteiger partial charge in [0.05, 0.1) is 6.61 Å². The molecule has 0 saturated carbocycles. The third-order valence-corrected chi connectivity index (χ3v) is 2.74. The number of nitrogens with one attached hydrogen (secondary N) is 1. The van der Waals surface area contributed by atoms with Crippen molar-refractivity contribution in [2.24, 2.45) is 5.92 Å². The van der Waals surface area contributed by atoms with Crippen LogP contribution in [0.25, 0.3) is 0 Å². The molecule has 0 amide bonds. The SMILES string of the molecule is CCN(CCOC)CC1CCNC1. The van der Waals surface area contributed by atoms with E-state index in [-0.39, 0.29) is 0 Å². The molecule has 0 bridgehead atoms. The normalized spacial score (nSPS) is 22.8. The Kier molecular flexibility index (Phi) is 5.35. The smallest absolute Gasteiger partial charge is 0.0589 e. The first-order chi connectivity index (χ1) is 6.36. The van der Waals surface area contributed by atoms with E-state index in [0.717, 1.165) is 25.6 Å². The largest absolute Gasteiger partial charge is 0.383 e. The topological polar surface area (TPSA) is 24.5 Å². The summed E-state index contributed by atoms with van der Waals surface area (Å²) in [5.41, 5.74) is 0. The van der Waals surface area contributed by atoms with Gasteiger partial charge in [-0.3, -0.25) is 0 Å². The third-order valence-electron chi connectivity index (χ3n) is 2.74. The highest BCUT2D eigenvalue weighted by molar-refractivity contribution is 4.74. The van der Waals surface area contributed by atoms with Gasteiger partial charge < -0.3 is 15.0 Å². The summed E-state index contributed by atoms with van der Waals surface area (Å²) in [4.78, 5) is 2.47. The summed E-state index contributed by atoms with van der Waals surface area (Å²) in [6.07, 6.45) is 1.34. The molecule has 1 saturated heterocycles. The molecule has 1 aliphatic heterocycles. The Morgan fingerprint density at radius 1 is 1.54 bits per heavy atom. The van der Waals surface area contributed by atoms with Crippen LogP contribution >= 0.6 is 0 Å². The zero-order valence-corrected chi connectivity index (χ0v) is 8.88. The molecular weight excluding hydrogens is 164 g/mol. The maximum Gasteiger partial charge on any atom is 0.0589 e. The van der Waals surface area contributed by atoms with Gasteiger partial charge in [-0.25, -0.2) is 0 Å². The summed E-state index contributed by atoms with van der Waals surface area (Å²) in [5.74, 6) is 0.858. The number of methoxy groups -OCH3 is 1. The van der Waals surface area contributed by atoms with Crippen molar-refractivity contribution in [1.29, 1.82) is 0 Å². The number of hydrogen-bond donors (Lipinski definition) is 1. The molecule has 3 heteroatoms. The first-order valence-corrected chi connectivity index (χ1v) is 5.28. The molecule has 1 unspecified atom stereocenters. The van der Waals surface area contributed by atoms with Crippen molar-refractivity contribution < 1.29 is 4.74 Å². The maximum atomic E-state index is 5.08. The van der Waals surface area contributed by atoms with Crippen LogP contribution in [0.4, 0.5) is 0 Å². The fraction of sp³-hybridized carbons (Fsp3) is 1.00. The third kappa shape index (κ3) is 4.07. The van der Waals surface area contributed by atoms with Gasteiger partial charge in [-0.05, 0) is 32.0 Å². The lowest BCUT2D eigenvalue weighted by Crippen LogP contribution is -2.33. The summed E-state index contributed by atoms with van der Waals surface area (Å²) < 4.78 is 5.08. The second kappa shape index (κ2) is 6.35. The fourth-order valence-electron chi connectivity index (χ4n) is 1.83. The molecule has 0 aromatic rings. The predicted molar refractivity (Wildman–Crippen MR) is 55.0 cm³/mol. The van der Waals surface area contributed by atoms with Crippen LogP contribution in [0.15, 0.2) is 0 Å². The first-order valence-electron chi connectivity index (χ1n) is 5.28. The lowest BCUT2D eigenvalue weighted by Gasteiger charge is -2.23. The van der Waals surface area contributed by atoms with Gasteiger partial charge in [0.2, 0.25) is 0 Å². The van der Waals surface area contributed by atoms with E-state index in [0.29, 0.717) is 0 Å². The predicted octanol–water partition coefficient (Wildman–Crippen LogP) is 0.564. The van der Waals surface area contributed by atoms with E-state index >= 15 is 0 Å². The van der Waals surface area contributed by atoms with Crippen molar-refractivity contribution in [2.45, 2.75) is 13.3 Å². The number of nitrogens with zero attached hydrogens (tertiary/aromatic N) is 1. The molecule has 0 aliphatic carbocycles. The summed E-state index contributed by atoms with van der Waals surface area (Å²) in [5, 5.41) is 3.40. The molecule has 0 spiro atoms. The van der Waals surface area contributed by atoms with Gasteiger partial charge in [0, 0.05) is 20.2 Å². The van der Waals surface area contributed by atoms with Gasteiger partial charge in [-0.15, -0.1) is 0 Å². The van der Waals surface area contributed by atoms with Crippen molar-refractivity contribution in [3.63, 3.8) is 0 Å². The molecule has 1 aliphatic rings. The molecule has 0 aromatic carbocycles. The Hall–Kier alpha value is -0.120. The quantitative estimate of drug-likeness (QED) is 0.656. The molecule has 0 aromatic heterocycles. The Balaban J connectivity index is 2.13. The highest BCUT2D eigenvalue weighted by atomic mass is 16.5. The summed E-state index contributed by atoms with van der Waals surface area (Å²) in [6.45, 7) is 8.91. The van der Waals surface area contributed by atoms with Gasteiger partial charge in [0.15, 0.2) is 0 Å². The summed E-state index contributed by atoms with van der Waals surface area (Å²) in [6, 6.07) is 0. The van der Waals surface area contributed by atoms with Crippen molar-refractivity contribution in [3.8, 4) is 0 Å². The highest BCUT2D eigenvalue weighted by Gasteiger charge is 2.16. The van der Waals surface area contributed by atoms with E-state index in [9.17, 15) is 0 Å². The zero-order valence-electron chi connectivity index (χ0n) is 8.88. The maximum absolute atomic E-state index is 5.08. The second-order valence-corrected chi connectivity index (χ2v) is 3.74. The average molecular weight is 186 g/mol. The highest BCUT2D eigenvalue weighted by Crippen LogP contribution is 2.09. The van der Waals surface area contributed by atoms with Crippen LogP contribution in [0.3, 0.4) is 0 Å². The zero-order chi connectivity index (χ0) is 9.52. The fourth-order valence-corrected chi connectivity index (χ4v) is 1.83. The first kappa shape index (κ1) is 11.0. The van der Waals surface area contributed by atoms with Gasteiger partial charge in [0.25, 0.3) is 0 Å². The lowest BCUT2D eigenvalue weighted by atomic mass is 10.1. The van der Waals surface area contributed by atoms with Crippen molar-refractivity contribution >= 4 is 0 Å². The van der Waals surface area contributed by atoms with Gasteiger partial charge in [0.1, 0.15) is 0 Å². The van der Waals surface area contributed by atoms with E-state index in [2.05, 4.69) is 17.1 Å². The van der Waals surface area contributed by atoms with Crippen LogP contribution in [0.1, 0.15) is 13.3 Å². The molecular formula is C10H22N2O. The summed E-state index contributed by atoms with van der Waals surface area (Å²) >= 11 is 0. The number of likely N-dealkylation sites (N-methyl/N-ethyl adjacent to an activating group) is 1. The Labute approximate surface area is 81.4 Å². The van der Waals surface area contributed by atoms with Crippen molar-refractivity contribution in [2.75, 3.05) is 46.4 Å². The minimum atomic E-state index is 0.855. The van der Waals surface area contributed by atoms with E-state index in [1.807, 2.05) is 0 Å². The Morgan fingerprint density at radius 2 is 2.38 bits per heavy atom. The standard InChI is InChI=1S/C10H22N2O/c1-3-12(6-7-13-2)9-10-4-5-11-8-10/h10-11H,3-9H2,1-2H3. The van der Waals surface area contributed by atoms with Crippen molar-refractivity contribution in [1.82, 2.24) is 10.2 Å². The van der Waals surface area contributed by atoms with E-state index in [4.69, 9.17) is 4.74 Å². The van der Waals surface area contributed by atoms with Crippen LogP contribution in [0.2, 0.25) is 0 Å². The van der Waals surface area contributed by atoms with Crippen LogP contribution in [0, 0.1) is 5.92 Å². The molecule has 0 radical (unpaired) electrons. The van der Waals surface area contributed by atoms with Crippen LogP contribution in [-0.2, 0) is 4.74 Å². The van der Waals surface area contributed by atoms with Gasteiger partial charge in [-0.1, -0.05) is 6.92 Å². The van der Waals surface area contributed by atoms with Gasteiger partial charge in [-0.2, -0.15) is 0 Å². The Morgan fingerprint density at radius 3 is 2.92 bits per heavy atom. The molecule has 1 atom stereocenters. The van der Waals surface area contributed by atoms with Crippen LogP contribution in [0.5, 0.6) is 0 Å². The monoisotopic (exact) mass is 186 g/mol. The lowest BCUT2D eigenvalue weighted by molar-refractivity contribution is 0.142. The van der Waals surface area contributed by atoms with E-state index in [1.54, 1.807) is 7.11 Å². The molecule has 1 fully saturated rings. The molecule has 13 heavy (non-hydrogen) atoms. The Bertz CT molecular complexity index is 124. The second-order valence-electron chi connectivity index (χ2n) is 3.74. The van der Waals surface area contributed by atoms with E-state index < -0.39 is 0 Å². The molecule has 1 N–H and O–H groups in total. The summed E-state index contributed by atoms with van der Waals surface area (Å²) in [7, 11) is 1.77. The van der Waals surface area contributed by atoms with Crippen LogP contribution in [-0.4, -0.2) is 51.3 Å². The minimum Gasteiger partial charge on any atom is -0.383 e. The van der Waals surface area contributed by atoms with Crippen LogP contribution < -0.4 is 5.32 Å². The number of rotatable bonds is 6. The van der Waals surface area contributed by atoms with Gasteiger partial charge >= 0.3 is 0 Å². The van der Waals surface area contributed by atoms with Crippen molar-refractivity contribution in [3.05, 3.63) is 0 Å².